The molecule has 2 fully saturated rings. The van der Waals surface area contributed by atoms with E-state index in [9.17, 15) is 19.6 Å². The van der Waals surface area contributed by atoms with Crippen molar-refractivity contribution in [3.8, 4) is 11.8 Å². The molecule has 1 aromatic heterocycles. The van der Waals surface area contributed by atoms with Crippen molar-refractivity contribution in [2.24, 2.45) is 11.8 Å². The molecule has 1 amide bonds. The summed E-state index contributed by atoms with van der Waals surface area (Å²) in [5.41, 5.74) is 2.15. The topological polar surface area (TPSA) is 111 Å². The molecule has 196 valence electrons. The number of anilines is 3. The summed E-state index contributed by atoms with van der Waals surface area (Å²) < 4.78 is 19.1. The lowest BCUT2D eigenvalue weighted by Gasteiger charge is -2.16. The lowest BCUT2D eigenvalue weighted by molar-refractivity contribution is -0.111. The third-order valence-electron chi connectivity index (χ3n) is 7.19. The number of likely N-dealkylation sites (tertiary alicyclic amines) is 1. The van der Waals surface area contributed by atoms with Gasteiger partial charge in [-0.05, 0) is 48.9 Å². The number of aliphatic hydroxyl groups is 1. The Morgan fingerprint density at radius 3 is 2.76 bits per heavy atom. The number of nitriles is 1. The van der Waals surface area contributed by atoms with E-state index in [1.165, 1.54) is 37.6 Å². The normalized spacial score (nSPS) is 21.0. The lowest BCUT2D eigenvalue weighted by atomic mass is 10.0. The standard InChI is InChI=1S/C28H27ClFN5O3/c1-38-26-11-24-21(28(18(12-31)13-32-24)33-19-4-5-23(30)22(29)9-19)10-25(26)34-27(37)3-2-6-35-14-16-7-20(36)8-17(16)15-35/h2-5,9-11,13,16-17,20,36H,6-8,14-15H2,1H3,(H,32,33)(H,34,37)/b3-2+. The SMILES string of the molecule is COc1cc2ncc(C#N)c(Nc3ccc(F)c(Cl)c3)c2cc1NC(=O)/C=C/CN1CC2CC(O)CC2C1. The first kappa shape index (κ1) is 25.9. The van der Waals surface area contributed by atoms with E-state index in [0.717, 1.165) is 25.9 Å². The maximum Gasteiger partial charge on any atom is 0.248 e. The predicted molar refractivity (Wildman–Crippen MR) is 144 cm³/mol. The number of hydrogen-bond acceptors (Lipinski definition) is 7. The van der Waals surface area contributed by atoms with Crippen LogP contribution in [0.15, 0.2) is 48.7 Å². The number of nitrogens with zero attached hydrogens (tertiary/aromatic N) is 3. The minimum Gasteiger partial charge on any atom is -0.494 e. The number of rotatable bonds is 7. The third-order valence-corrected chi connectivity index (χ3v) is 7.48. The summed E-state index contributed by atoms with van der Waals surface area (Å²) in [4.78, 5) is 19.4. The van der Waals surface area contributed by atoms with Crippen LogP contribution >= 0.6 is 11.6 Å². The average Bonchev–Trinajstić information content (AvgIpc) is 3.43. The molecule has 1 saturated carbocycles. The molecule has 10 heteroatoms. The second-order valence-electron chi connectivity index (χ2n) is 9.74. The van der Waals surface area contributed by atoms with Crippen LogP contribution in [0.4, 0.5) is 21.5 Å². The first-order valence-corrected chi connectivity index (χ1v) is 12.7. The van der Waals surface area contributed by atoms with Crippen molar-refractivity contribution >= 4 is 45.5 Å². The van der Waals surface area contributed by atoms with Gasteiger partial charge in [-0.3, -0.25) is 14.7 Å². The highest BCUT2D eigenvalue weighted by Crippen LogP contribution is 2.38. The minimum absolute atomic E-state index is 0.0528. The van der Waals surface area contributed by atoms with Gasteiger partial charge >= 0.3 is 0 Å². The molecule has 0 spiro atoms. The molecule has 3 aromatic rings. The van der Waals surface area contributed by atoms with Gasteiger partial charge in [0, 0.05) is 49.0 Å². The summed E-state index contributed by atoms with van der Waals surface area (Å²) >= 11 is 5.93. The van der Waals surface area contributed by atoms with E-state index in [4.69, 9.17) is 16.3 Å². The Morgan fingerprint density at radius 1 is 1.32 bits per heavy atom. The van der Waals surface area contributed by atoms with Gasteiger partial charge in [0.1, 0.15) is 17.6 Å². The van der Waals surface area contributed by atoms with Crippen molar-refractivity contribution in [2.45, 2.75) is 18.9 Å². The number of ether oxygens (including phenoxy) is 1. The highest BCUT2D eigenvalue weighted by atomic mass is 35.5. The van der Waals surface area contributed by atoms with E-state index < -0.39 is 5.82 Å². The number of pyridine rings is 1. The molecule has 0 bridgehead atoms. The van der Waals surface area contributed by atoms with Gasteiger partial charge in [-0.2, -0.15) is 5.26 Å². The zero-order chi connectivity index (χ0) is 26.8. The van der Waals surface area contributed by atoms with Gasteiger partial charge in [-0.1, -0.05) is 17.7 Å². The summed E-state index contributed by atoms with van der Waals surface area (Å²) in [6.07, 6.45) is 6.32. The summed E-state index contributed by atoms with van der Waals surface area (Å²) in [6.45, 7) is 2.54. The quantitative estimate of drug-likeness (QED) is 0.371. The second kappa shape index (κ2) is 11.0. The van der Waals surface area contributed by atoms with Gasteiger partial charge in [0.25, 0.3) is 0 Å². The summed E-state index contributed by atoms with van der Waals surface area (Å²) in [6, 6.07) is 9.66. The third kappa shape index (κ3) is 5.43. The van der Waals surface area contributed by atoms with Crippen LogP contribution in [-0.2, 0) is 4.79 Å². The minimum atomic E-state index is -0.550. The number of carbonyl (C=O) groups excluding carboxylic acids is 1. The fraction of sp³-hybridized carbons (Fsp3) is 0.321. The Kier molecular flexibility index (Phi) is 7.47. The van der Waals surface area contributed by atoms with Gasteiger partial charge in [0.15, 0.2) is 0 Å². The summed E-state index contributed by atoms with van der Waals surface area (Å²) in [7, 11) is 1.50. The second-order valence-corrected chi connectivity index (χ2v) is 10.1. The molecular weight excluding hydrogens is 509 g/mol. The Balaban J connectivity index is 1.35. The van der Waals surface area contributed by atoms with E-state index in [1.54, 1.807) is 12.1 Å². The number of amides is 1. The van der Waals surface area contributed by atoms with Crippen molar-refractivity contribution in [3.63, 3.8) is 0 Å². The molecule has 2 atom stereocenters. The Morgan fingerprint density at radius 2 is 2.08 bits per heavy atom. The smallest absolute Gasteiger partial charge is 0.248 e. The van der Waals surface area contributed by atoms with E-state index >= 15 is 0 Å². The van der Waals surface area contributed by atoms with Crippen molar-refractivity contribution in [3.05, 3.63) is 65.1 Å². The molecule has 2 aliphatic rings. The maximum absolute atomic E-state index is 13.6. The van der Waals surface area contributed by atoms with Crippen LogP contribution in [0.25, 0.3) is 10.9 Å². The molecule has 5 rings (SSSR count). The van der Waals surface area contributed by atoms with Crippen molar-refractivity contribution in [1.29, 1.82) is 5.26 Å². The van der Waals surface area contributed by atoms with Crippen LogP contribution in [0.3, 0.4) is 0 Å². The lowest BCUT2D eigenvalue weighted by Crippen LogP contribution is -2.23. The summed E-state index contributed by atoms with van der Waals surface area (Å²) in [5, 5.41) is 26.0. The van der Waals surface area contributed by atoms with Gasteiger partial charge < -0.3 is 20.5 Å². The van der Waals surface area contributed by atoms with Crippen molar-refractivity contribution < 1.29 is 19.0 Å². The number of aromatic nitrogens is 1. The molecular formula is C28H27ClFN5O3. The molecule has 8 nitrogen and oxygen atoms in total. The van der Waals surface area contributed by atoms with Crippen LogP contribution in [0.5, 0.6) is 5.75 Å². The highest BCUT2D eigenvalue weighted by molar-refractivity contribution is 6.31. The number of fused-ring (bicyclic) bond motifs is 2. The Bertz CT molecular complexity index is 1440. The van der Waals surface area contributed by atoms with Gasteiger partial charge in [-0.15, -0.1) is 0 Å². The van der Waals surface area contributed by atoms with E-state index in [-0.39, 0.29) is 22.6 Å². The highest BCUT2D eigenvalue weighted by Gasteiger charge is 2.39. The largest absolute Gasteiger partial charge is 0.494 e. The molecule has 2 heterocycles. The molecule has 2 unspecified atom stereocenters. The average molecular weight is 536 g/mol. The predicted octanol–water partition coefficient (Wildman–Crippen LogP) is 4.85. The number of benzene rings is 2. The maximum atomic E-state index is 13.6. The van der Waals surface area contributed by atoms with Crippen LogP contribution in [-0.4, -0.2) is 53.7 Å². The number of aliphatic hydroxyl groups excluding tert-OH is 1. The molecule has 2 aromatic carbocycles. The van der Waals surface area contributed by atoms with E-state index in [1.807, 2.05) is 6.08 Å². The molecule has 1 saturated heterocycles. The van der Waals surface area contributed by atoms with E-state index in [0.29, 0.717) is 52.1 Å². The van der Waals surface area contributed by atoms with E-state index in [2.05, 4.69) is 26.6 Å². The van der Waals surface area contributed by atoms with Gasteiger partial charge in [-0.25, -0.2) is 4.39 Å². The Labute approximate surface area is 224 Å². The van der Waals surface area contributed by atoms with Crippen molar-refractivity contribution in [1.82, 2.24) is 9.88 Å². The number of methoxy groups -OCH3 is 1. The molecule has 38 heavy (non-hydrogen) atoms. The van der Waals surface area contributed by atoms with Crippen LogP contribution in [0.2, 0.25) is 5.02 Å². The molecule has 0 radical (unpaired) electrons. The number of hydrogen-bond donors (Lipinski definition) is 3. The monoisotopic (exact) mass is 535 g/mol. The van der Waals surface area contributed by atoms with Crippen LogP contribution < -0.4 is 15.4 Å². The first-order valence-electron chi connectivity index (χ1n) is 12.4. The number of nitrogens with one attached hydrogen (secondary N) is 2. The van der Waals surface area contributed by atoms with Gasteiger partial charge in [0.05, 0.1) is 40.7 Å². The number of halogens is 2. The van der Waals surface area contributed by atoms with Crippen molar-refractivity contribution in [2.75, 3.05) is 37.4 Å². The molecule has 1 aliphatic heterocycles. The zero-order valence-electron chi connectivity index (χ0n) is 20.7. The van der Waals surface area contributed by atoms with Crippen LogP contribution in [0.1, 0.15) is 18.4 Å². The fourth-order valence-corrected chi connectivity index (χ4v) is 5.60. The number of carbonyl (C=O) groups is 1. The molecule has 1 aliphatic carbocycles. The Hall–Kier alpha value is -3.71. The summed E-state index contributed by atoms with van der Waals surface area (Å²) in [5.74, 6) is 0.621. The van der Waals surface area contributed by atoms with Crippen LogP contribution in [0, 0.1) is 29.0 Å². The van der Waals surface area contributed by atoms with Gasteiger partial charge in [0.2, 0.25) is 5.91 Å². The fourth-order valence-electron chi connectivity index (χ4n) is 5.42. The zero-order valence-corrected chi connectivity index (χ0v) is 21.5. The molecule has 3 N–H and O–H groups in total. The first-order chi connectivity index (χ1) is 18.3.